The zero-order chi connectivity index (χ0) is 13.7. The monoisotopic (exact) mass is 262 g/mol. The number of ether oxygens (including phenoxy) is 2. The molecule has 0 saturated heterocycles. The van der Waals surface area contributed by atoms with Crippen molar-refractivity contribution < 1.29 is 9.47 Å². The minimum Gasteiger partial charge on any atom is -0.490 e. The summed E-state index contributed by atoms with van der Waals surface area (Å²) in [5.41, 5.74) is 7.39. The Bertz CT molecular complexity index is 539. The molecule has 0 spiro atoms. The summed E-state index contributed by atoms with van der Waals surface area (Å²) in [6, 6.07) is 5.70. The van der Waals surface area contributed by atoms with Gasteiger partial charge in [-0.05, 0) is 13.0 Å². The number of para-hydroxylation sites is 1. The van der Waals surface area contributed by atoms with Crippen LogP contribution in [0, 0.1) is 0 Å². The second kappa shape index (κ2) is 6.19. The Morgan fingerprint density at radius 1 is 1.32 bits per heavy atom. The molecule has 0 bridgehead atoms. The normalized spacial score (nSPS) is 10.5. The van der Waals surface area contributed by atoms with Crippen molar-refractivity contribution in [1.29, 1.82) is 0 Å². The van der Waals surface area contributed by atoms with Crippen LogP contribution in [0.2, 0.25) is 0 Å². The average Bonchev–Trinajstić information content (AvgIpc) is 2.83. The molecular weight excluding hydrogens is 244 g/mol. The lowest BCUT2D eigenvalue weighted by molar-refractivity contribution is 0.264. The summed E-state index contributed by atoms with van der Waals surface area (Å²) >= 11 is 0. The summed E-state index contributed by atoms with van der Waals surface area (Å²) in [5.74, 6) is 1.38. The standard InChI is InChI=1S/C13H18N4O2/c1-3-18-12-6-4-5-10(7-14)13(12)19-9-11-8-17(2)16-15-11/h4-6,8H,3,7,9,14H2,1-2H3. The SMILES string of the molecule is CCOc1cccc(CN)c1OCc1cn(C)nn1. The van der Waals surface area contributed by atoms with Crippen molar-refractivity contribution in [2.24, 2.45) is 12.8 Å². The number of hydrogen-bond donors (Lipinski definition) is 1. The van der Waals surface area contributed by atoms with Crippen LogP contribution < -0.4 is 15.2 Å². The summed E-state index contributed by atoms with van der Waals surface area (Å²) in [5, 5.41) is 7.84. The number of aromatic nitrogens is 3. The molecule has 2 rings (SSSR count). The van der Waals surface area contributed by atoms with Crippen LogP contribution >= 0.6 is 0 Å². The first-order valence-corrected chi connectivity index (χ1v) is 6.17. The topological polar surface area (TPSA) is 75.2 Å². The number of benzene rings is 1. The molecule has 0 unspecified atom stereocenters. The van der Waals surface area contributed by atoms with Crippen LogP contribution in [-0.2, 0) is 20.2 Å². The van der Waals surface area contributed by atoms with E-state index in [-0.39, 0.29) is 0 Å². The van der Waals surface area contributed by atoms with Gasteiger partial charge in [-0.2, -0.15) is 0 Å². The minimum atomic E-state index is 0.338. The highest BCUT2D eigenvalue weighted by Gasteiger charge is 2.11. The van der Waals surface area contributed by atoms with Crippen molar-refractivity contribution in [1.82, 2.24) is 15.0 Å². The summed E-state index contributed by atoms with van der Waals surface area (Å²) in [4.78, 5) is 0. The Hall–Kier alpha value is -2.08. The fourth-order valence-electron chi connectivity index (χ4n) is 1.76. The van der Waals surface area contributed by atoms with E-state index in [0.29, 0.717) is 31.3 Å². The highest BCUT2D eigenvalue weighted by Crippen LogP contribution is 2.31. The molecule has 2 N–H and O–H groups in total. The van der Waals surface area contributed by atoms with Crippen LogP contribution in [0.3, 0.4) is 0 Å². The first-order valence-electron chi connectivity index (χ1n) is 6.17. The van der Waals surface area contributed by atoms with Gasteiger partial charge in [-0.3, -0.25) is 4.68 Å². The number of aryl methyl sites for hydroxylation is 1. The maximum atomic E-state index is 5.79. The molecule has 6 nitrogen and oxygen atoms in total. The summed E-state index contributed by atoms with van der Waals surface area (Å²) in [6.45, 7) is 3.25. The predicted molar refractivity (Wildman–Crippen MR) is 70.8 cm³/mol. The maximum Gasteiger partial charge on any atom is 0.166 e. The number of nitrogens with two attached hydrogens (primary N) is 1. The van der Waals surface area contributed by atoms with E-state index in [9.17, 15) is 0 Å². The van der Waals surface area contributed by atoms with Crippen LogP contribution in [0.4, 0.5) is 0 Å². The maximum absolute atomic E-state index is 5.79. The molecule has 6 heteroatoms. The molecule has 2 aromatic rings. The lowest BCUT2D eigenvalue weighted by Crippen LogP contribution is -2.05. The molecular formula is C13H18N4O2. The molecule has 0 aliphatic rings. The van der Waals surface area contributed by atoms with E-state index in [0.717, 1.165) is 11.3 Å². The van der Waals surface area contributed by atoms with Gasteiger partial charge in [0.25, 0.3) is 0 Å². The highest BCUT2D eigenvalue weighted by molar-refractivity contribution is 5.46. The Kier molecular flexibility index (Phi) is 4.35. The fraction of sp³-hybridized carbons (Fsp3) is 0.385. The third kappa shape index (κ3) is 3.23. The lowest BCUT2D eigenvalue weighted by Gasteiger charge is -2.14. The van der Waals surface area contributed by atoms with E-state index >= 15 is 0 Å². The second-order valence-corrected chi connectivity index (χ2v) is 4.05. The molecule has 0 aliphatic heterocycles. The van der Waals surface area contributed by atoms with Gasteiger partial charge in [0.2, 0.25) is 0 Å². The van der Waals surface area contributed by atoms with Crippen molar-refractivity contribution in [3.05, 3.63) is 35.7 Å². The van der Waals surface area contributed by atoms with Crippen molar-refractivity contribution in [3.63, 3.8) is 0 Å². The molecule has 0 amide bonds. The van der Waals surface area contributed by atoms with Crippen molar-refractivity contribution in [2.75, 3.05) is 6.61 Å². The molecule has 1 aromatic carbocycles. The number of nitrogens with zero attached hydrogens (tertiary/aromatic N) is 3. The van der Waals surface area contributed by atoms with Gasteiger partial charge in [0, 0.05) is 19.2 Å². The summed E-state index contributed by atoms with van der Waals surface area (Å²) < 4.78 is 13.0. The van der Waals surface area contributed by atoms with E-state index in [1.165, 1.54) is 0 Å². The van der Waals surface area contributed by atoms with Crippen molar-refractivity contribution >= 4 is 0 Å². The first kappa shape index (κ1) is 13.4. The van der Waals surface area contributed by atoms with E-state index in [1.807, 2.05) is 38.4 Å². The van der Waals surface area contributed by atoms with Crippen molar-refractivity contribution in [2.45, 2.75) is 20.1 Å². The van der Waals surface area contributed by atoms with Gasteiger partial charge < -0.3 is 15.2 Å². The third-order valence-electron chi connectivity index (χ3n) is 2.59. The number of rotatable bonds is 6. The zero-order valence-electron chi connectivity index (χ0n) is 11.2. The Morgan fingerprint density at radius 3 is 2.79 bits per heavy atom. The molecule has 0 fully saturated rings. The molecule has 1 heterocycles. The van der Waals surface area contributed by atoms with Gasteiger partial charge in [0.15, 0.2) is 11.5 Å². The van der Waals surface area contributed by atoms with Crippen LogP contribution in [0.15, 0.2) is 24.4 Å². The highest BCUT2D eigenvalue weighted by atomic mass is 16.5. The molecule has 0 saturated carbocycles. The quantitative estimate of drug-likeness (QED) is 0.848. The summed E-state index contributed by atoms with van der Waals surface area (Å²) in [6.07, 6.45) is 1.81. The van der Waals surface area contributed by atoms with E-state index in [4.69, 9.17) is 15.2 Å². The van der Waals surface area contributed by atoms with Gasteiger partial charge in [0.1, 0.15) is 12.3 Å². The molecule has 0 aliphatic carbocycles. The van der Waals surface area contributed by atoms with Crippen molar-refractivity contribution in [3.8, 4) is 11.5 Å². The van der Waals surface area contributed by atoms with E-state index < -0.39 is 0 Å². The number of hydrogen-bond acceptors (Lipinski definition) is 5. The Balaban J connectivity index is 2.17. The fourth-order valence-corrected chi connectivity index (χ4v) is 1.76. The minimum absolute atomic E-state index is 0.338. The molecule has 19 heavy (non-hydrogen) atoms. The van der Waals surface area contributed by atoms with Gasteiger partial charge in [-0.15, -0.1) is 5.10 Å². The van der Waals surface area contributed by atoms with Crippen LogP contribution in [0.25, 0.3) is 0 Å². The zero-order valence-corrected chi connectivity index (χ0v) is 11.2. The van der Waals surface area contributed by atoms with E-state index in [1.54, 1.807) is 4.68 Å². The molecule has 1 aromatic heterocycles. The third-order valence-corrected chi connectivity index (χ3v) is 2.59. The average molecular weight is 262 g/mol. The second-order valence-electron chi connectivity index (χ2n) is 4.05. The van der Waals surface area contributed by atoms with Gasteiger partial charge in [0.05, 0.1) is 12.8 Å². The first-order chi connectivity index (χ1) is 9.24. The van der Waals surface area contributed by atoms with Gasteiger partial charge in [-0.1, -0.05) is 17.3 Å². The lowest BCUT2D eigenvalue weighted by atomic mass is 10.2. The van der Waals surface area contributed by atoms with E-state index in [2.05, 4.69) is 10.3 Å². The predicted octanol–water partition coefficient (Wildman–Crippen LogP) is 1.25. The van der Waals surface area contributed by atoms with Crippen LogP contribution in [0.1, 0.15) is 18.2 Å². The van der Waals surface area contributed by atoms with Gasteiger partial charge in [-0.25, -0.2) is 0 Å². The summed E-state index contributed by atoms with van der Waals surface area (Å²) in [7, 11) is 1.82. The van der Waals surface area contributed by atoms with Crippen LogP contribution in [-0.4, -0.2) is 21.6 Å². The smallest absolute Gasteiger partial charge is 0.166 e. The van der Waals surface area contributed by atoms with Gasteiger partial charge >= 0.3 is 0 Å². The molecule has 102 valence electrons. The Morgan fingerprint density at radius 2 is 2.16 bits per heavy atom. The Labute approximate surface area is 112 Å². The van der Waals surface area contributed by atoms with Crippen LogP contribution in [0.5, 0.6) is 11.5 Å². The largest absolute Gasteiger partial charge is 0.490 e. The molecule has 0 radical (unpaired) electrons. The molecule has 0 atom stereocenters.